The molecule has 4 aromatic rings. The summed E-state index contributed by atoms with van der Waals surface area (Å²) < 4.78 is 12.0. The molecule has 0 aliphatic carbocycles. The molecule has 0 aliphatic rings. The predicted octanol–water partition coefficient (Wildman–Crippen LogP) is 6.89. The van der Waals surface area contributed by atoms with Crippen LogP contribution >= 0.6 is 0 Å². The normalized spacial score (nSPS) is 12.7. The molecule has 0 spiro atoms. The minimum atomic E-state index is -1.02. The summed E-state index contributed by atoms with van der Waals surface area (Å²) in [5.74, 6) is -0.807. The number of likely N-dealkylation sites (N-methyl/N-ethyl adjacent to an activating group) is 1. The van der Waals surface area contributed by atoms with Crippen molar-refractivity contribution in [2.24, 2.45) is 0 Å². The molecule has 2 atom stereocenters. The van der Waals surface area contributed by atoms with Crippen LogP contribution in [0.1, 0.15) is 71.9 Å². The summed E-state index contributed by atoms with van der Waals surface area (Å²) in [7, 11) is 1.57. The van der Waals surface area contributed by atoms with Gasteiger partial charge in [0.2, 0.25) is 11.8 Å². The number of carbonyl (C=O) groups is 4. The standard InChI is InChI=1S/C44H60N6O7/c1-8-56-41(57-9-2)31(3)49(29-35-23-17-21-33-19-11-13-25-37(33)35)40(52)38(26-14-15-27-50(43(54)55)44(4,5)6)46-39(51)30-48(7)47-42(53)45-28-34-22-16-20-32-18-10-12-24-36(32)34/h10-13,16-25,31,38,41H,8-9,14-15,26-30H2,1-7H3,(H,46,51)(H,54,55)(H2,45,47,53). The van der Waals surface area contributed by atoms with Gasteiger partial charge in [0.15, 0.2) is 6.29 Å². The molecule has 0 radical (unpaired) electrons. The zero-order chi connectivity index (χ0) is 41.5. The Hall–Kier alpha value is -5.24. The van der Waals surface area contributed by atoms with Crippen molar-refractivity contribution in [1.29, 1.82) is 0 Å². The highest BCUT2D eigenvalue weighted by molar-refractivity contribution is 5.90. The Bertz CT molecular complexity index is 1930. The van der Waals surface area contributed by atoms with Crippen molar-refractivity contribution in [1.82, 2.24) is 30.9 Å². The molecule has 0 saturated carbocycles. The average molecular weight is 785 g/mol. The summed E-state index contributed by atoms with van der Waals surface area (Å²) in [6.45, 7) is 12.4. The first-order valence-electron chi connectivity index (χ1n) is 19.8. The van der Waals surface area contributed by atoms with Gasteiger partial charge >= 0.3 is 12.1 Å². The number of amides is 5. The number of benzene rings is 4. The van der Waals surface area contributed by atoms with Gasteiger partial charge in [-0.25, -0.2) is 14.6 Å². The molecule has 4 N–H and O–H groups in total. The van der Waals surface area contributed by atoms with Gasteiger partial charge in [0.25, 0.3) is 0 Å². The lowest BCUT2D eigenvalue weighted by Gasteiger charge is -2.37. The number of fused-ring (bicyclic) bond motifs is 2. The summed E-state index contributed by atoms with van der Waals surface area (Å²) in [6.07, 6.45) is -0.571. The van der Waals surface area contributed by atoms with Crippen molar-refractivity contribution in [3.8, 4) is 0 Å². The summed E-state index contributed by atoms with van der Waals surface area (Å²) >= 11 is 0. The van der Waals surface area contributed by atoms with Crippen molar-refractivity contribution in [2.45, 2.75) is 97.8 Å². The lowest BCUT2D eigenvalue weighted by Crippen LogP contribution is -2.56. The lowest BCUT2D eigenvalue weighted by atomic mass is 10.0. The van der Waals surface area contributed by atoms with Crippen LogP contribution in [0.15, 0.2) is 84.9 Å². The Morgan fingerprint density at radius 2 is 1.35 bits per heavy atom. The fraction of sp³-hybridized carbons (Fsp3) is 0.455. The van der Waals surface area contributed by atoms with E-state index in [-0.39, 0.29) is 38.5 Å². The van der Waals surface area contributed by atoms with Crippen LogP contribution in [0, 0.1) is 0 Å². The highest BCUT2D eigenvalue weighted by Gasteiger charge is 2.34. The van der Waals surface area contributed by atoms with Crippen molar-refractivity contribution in [2.75, 3.05) is 33.4 Å². The second-order valence-electron chi connectivity index (χ2n) is 15.1. The van der Waals surface area contributed by atoms with Crippen LogP contribution in [-0.4, -0.2) is 101 Å². The van der Waals surface area contributed by atoms with Crippen molar-refractivity contribution < 1.29 is 33.8 Å². The highest BCUT2D eigenvalue weighted by atomic mass is 16.7. The van der Waals surface area contributed by atoms with Gasteiger partial charge in [0.05, 0.1) is 12.6 Å². The summed E-state index contributed by atoms with van der Waals surface area (Å²) in [6, 6.07) is 25.8. The SMILES string of the molecule is CCOC(OCC)C(C)N(Cc1cccc2ccccc12)C(=O)C(CCCCN(C(=O)O)C(C)(C)C)NC(=O)CN(C)NC(=O)NCc1cccc2ccccc12. The van der Waals surface area contributed by atoms with E-state index in [0.29, 0.717) is 26.1 Å². The monoisotopic (exact) mass is 784 g/mol. The Labute approximate surface area is 336 Å². The van der Waals surface area contributed by atoms with Crippen LogP contribution in [0.2, 0.25) is 0 Å². The van der Waals surface area contributed by atoms with Gasteiger partial charge in [0, 0.05) is 45.4 Å². The average Bonchev–Trinajstić information content (AvgIpc) is 3.17. The maximum absolute atomic E-state index is 14.8. The second kappa shape index (κ2) is 21.3. The Kier molecular flexibility index (Phi) is 16.6. The smallest absolute Gasteiger partial charge is 0.407 e. The van der Waals surface area contributed by atoms with E-state index in [1.54, 1.807) is 11.9 Å². The number of nitrogens with zero attached hydrogens (tertiary/aromatic N) is 3. The number of ether oxygens (including phenoxy) is 2. The zero-order valence-electron chi connectivity index (χ0n) is 34.4. The third kappa shape index (κ3) is 12.9. The molecule has 0 fully saturated rings. The molecule has 57 heavy (non-hydrogen) atoms. The molecule has 0 saturated heterocycles. The molecular formula is C44H60N6O7. The lowest BCUT2D eigenvalue weighted by molar-refractivity contribution is -0.179. The molecule has 0 aromatic heterocycles. The fourth-order valence-electron chi connectivity index (χ4n) is 6.96. The van der Waals surface area contributed by atoms with Crippen molar-refractivity contribution in [3.05, 3.63) is 96.1 Å². The second-order valence-corrected chi connectivity index (χ2v) is 15.1. The van der Waals surface area contributed by atoms with E-state index in [1.807, 2.05) is 126 Å². The number of hydrogen-bond donors (Lipinski definition) is 4. The molecule has 2 unspecified atom stereocenters. The molecule has 0 heterocycles. The van der Waals surface area contributed by atoms with E-state index in [2.05, 4.69) is 16.1 Å². The number of carbonyl (C=O) groups excluding carboxylic acids is 3. The van der Waals surface area contributed by atoms with Gasteiger partial charge in [-0.3, -0.25) is 15.0 Å². The third-order valence-corrected chi connectivity index (χ3v) is 9.84. The van der Waals surface area contributed by atoms with E-state index in [9.17, 15) is 24.3 Å². The first kappa shape index (κ1) is 44.5. The van der Waals surface area contributed by atoms with Crippen LogP contribution in [0.25, 0.3) is 21.5 Å². The Balaban J connectivity index is 1.53. The maximum Gasteiger partial charge on any atom is 0.407 e. The van der Waals surface area contributed by atoms with Crippen LogP contribution in [0.5, 0.6) is 0 Å². The quantitative estimate of drug-likeness (QED) is 0.0430. The van der Waals surface area contributed by atoms with Crippen molar-refractivity contribution >= 4 is 45.5 Å². The number of rotatable bonds is 20. The summed E-state index contributed by atoms with van der Waals surface area (Å²) in [5.41, 5.74) is 3.96. The van der Waals surface area contributed by atoms with Gasteiger partial charge in [-0.05, 0) is 93.5 Å². The summed E-state index contributed by atoms with van der Waals surface area (Å²) in [4.78, 5) is 56.5. The number of nitrogens with one attached hydrogen (secondary N) is 3. The fourth-order valence-corrected chi connectivity index (χ4v) is 6.96. The molecule has 5 amide bonds. The van der Waals surface area contributed by atoms with Gasteiger partial charge in [-0.1, -0.05) is 84.9 Å². The number of hydrogen-bond acceptors (Lipinski definition) is 7. The molecule has 0 bridgehead atoms. The molecule has 13 nitrogen and oxygen atoms in total. The van der Waals surface area contributed by atoms with Gasteiger partial charge in [-0.15, -0.1) is 0 Å². The van der Waals surface area contributed by atoms with E-state index >= 15 is 0 Å². The maximum atomic E-state index is 14.8. The van der Waals surface area contributed by atoms with Crippen LogP contribution in [-0.2, 0) is 32.2 Å². The minimum absolute atomic E-state index is 0.222. The molecule has 0 aliphatic heterocycles. The Morgan fingerprint density at radius 1 is 0.789 bits per heavy atom. The van der Waals surface area contributed by atoms with E-state index in [4.69, 9.17) is 9.47 Å². The third-order valence-electron chi connectivity index (χ3n) is 9.84. The molecule has 4 rings (SSSR count). The van der Waals surface area contributed by atoms with Gasteiger partial charge in [-0.2, -0.15) is 0 Å². The topological polar surface area (TPSA) is 153 Å². The summed E-state index contributed by atoms with van der Waals surface area (Å²) in [5, 5.41) is 21.1. The Morgan fingerprint density at radius 3 is 1.93 bits per heavy atom. The van der Waals surface area contributed by atoms with Crippen LogP contribution < -0.4 is 16.1 Å². The number of carboxylic acid groups (broad SMARTS) is 1. The van der Waals surface area contributed by atoms with Gasteiger partial charge in [0.1, 0.15) is 6.04 Å². The first-order valence-corrected chi connectivity index (χ1v) is 19.8. The predicted molar refractivity (Wildman–Crippen MR) is 223 cm³/mol. The largest absolute Gasteiger partial charge is 0.465 e. The minimum Gasteiger partial charge on any atom is -0.465 e. The van der Waals surface area contributed by atoms with Crippen molar-refractivity contribution in [3.63, 3.8) is 0 Å². The molecule has 4 aromatic carbocycles. The van der Waals surface area contributed by atoms with E-state index in [1.165, 1.54) is 9.91 Å². The number of hydrazine groups is 1. The number of unbranched alkanes of at least 4 members (excludes halogenated alkanes) is 1. The first-order chi connectivity index (χ1) is 27.2. The molecular weight excluding hydrogens is 725 g/mol. The van der Waals surface area contributed by atoms with Crippen LogP contribution in [0.4, 0.5) is 9.59 Å². The van der Waals surface area contributed by atoms with E-state index in [0.717, 1.165) is 32.7 Å². The van der Waals surface area contributed by atoms with Crippen LogP contribution in [0.3, 0.4) is 0 Å². The highest BCUT2D eigenvalue weighted by Crippen LogP contribution is 2.24. The number of urea groups is 1. The van der Waals surface area contributed by atoms with Gasteiger partial charge < -0.3 is 35.0 Å². The molecule has 13 heteroatoms. The zero-order valence-corrected chi connectivity index (χ0v) is 34.4. The van der Waals surface area contributed by atoms with E-state index < -0.39 is 41.9 Å². The molecule has 308 valence electrons.